The van der Waals surface area contributed by atoms with E-state index in [1.165, 1.54) is 97.8 Å². The minimum atomic E-state index is -1.52. The van der Waals surface area contributed by atoms with Crippen molar-refractivity contribution in [3.05, 3.63) is 35.9 Å². The van der Waals surface area contributed by atoms with E-state index in [4.69, 9.17) is 19.9 Å². The molecule has 19 nitrogen and oxygen atoms in total. The molecule has 0 aromatic heterocycles. The Morgan fingerprint density at radius 3 is 1.87 bits per heavy atom. The molecule has 0 aliphatic carbocycles. The van der Waals surface area contributed by atoms with Gasteiger partial charge in [-0.25, -0.2) is 4.79 Å². The van der Waals surface area contributed by atoms with Crippen molar-refractivity contribution >= 4 is 41.4 Å². The molecule has 1 fully saturated rings. The molecule has 1 saturated heterocycles. The molecule has 0 saturated carbocycles. The van der Waals surface area contributed by atoms with Gasteiger partial charge >= 0.3 is 5.97 Å². The topological polar surface area (TPSA) is 294 Å². The van der Waals surface area contributed by atoms with Crippen LogP contribution in [-0.2, 0) is 54.4 Å². The van der Waals surface area contributed by atoms with E-state index >= 15 is 0 Å². The molecule has 9 atom stereocenters. The fourth-order valence-corrected chi connectivity index (χ4v) is 8.03. The number of aliphatic carboxylic acids is 1. The van der Waals surface area contributed by atoms with Crippen LogP contribution in [0, 0.1) is 0 Å². The van der Waals surface area contributed by atoms with Gasteiger partial charge in [-0.15, -0.1) is 0 Å². The third kappa shape index (κ3) is 25.7. The van der Waals surface area contributed by atoms with Crippen LogP contribution in [0.15, 0.2) is 30.3 Å². The predicted octanol–water partition coefficient (Wildman–Crippen LogP) is 3.93. The molecular formula is C50H84N6O13. The van der Waals surface area contributed by atoms with Gasteiger partial charge in [0.25, 0.3) is 0 Å². The molecule has 1 aliphatic rings. The second-order valence-corrected chi connectivity index (χ2v) is 18.2. The van der Waals surface area contributed by atoms with E-state index in [1.54, 1.807) is 12.1 Å². The highest BCUT2D eigenvalue weighted by Gasteiger charge is 2.48. The van der Waals surface area contributed by atoms with Crippen molar-refractivity contribution in [1.29, 1.82) is 0 Å². The van der Waals surface area contributed by atoms with Crippen LogP contribution in [0.4, 0.5) is 0 Å². The van der Waals surface area contributed by atoms with Gasteiger partial charge in [0.05, 0.1) is 13.2 Å². The average Bonchev–Trinajstić information content (AvgIpc) is 3.31. The SMILES string of the molecule is CCCCCCCCCCCCCCCCCC(=O)NCCCC[C@H](NC(=O)CC[C@@H](NC(=O)[C@H](C)NC(=O)[C@H](C)O[C@H]1[C@H](O)[C@@H](CO)O[C@H](OCc2ccccc2)[C@@H]1NC(C)=O)C(N)=O)C(=O)O. The minimum Gasteiger partial charge on any atom is -0.480 e. The molecule has 1 heterocycles. The van der Waals surface area contributed by atoms with E-state index in [1.807, 2.05) is 18.2 Å². The summed E-state index contributed by atoms with van der Waals surface area (Å²) in [4.78, 5) is 87.9. The standard InChI is InChI=1S/C50H84N6O13/c1-5-6-7-8-9-10-11-12-13-14-15-16-17-18-22-28-41(59)52-31-24-23-27-39(49(65)66)55-42(60)30-29-38(46(51)62)56-47(63)34(2)53-48(64)35(3)68-45-43(54-36(4)58)50(69-40(32-57)44(45)61)67-33-37-25-20-19-21-26-37/h19-21,25-26,34-35,38-40,43-45,50,57,61H,5-18,22-24,27-33H2,1-4H3,(H2,51,62)(H,52,59)(H,53,64)(H,54,58)(H,55,60)(H,56,63)(H,65,66)/t34-,35-,38+,39-,40+,43+,44+,45+,50-/m0/s1. The Hall–Kier alpha value is -4.69. The molecule has 0 bridgehead atoms. The second kappa shape index (κ2) is 35.4. The van der Waals surface area contributed by atoms with Gasteiger partial charge in [-0.3, -0.25) is 28.8 Å². The molecule has 2 rings (SSSR count). The predicted molar refractivity (Wildman–Crippen MR) is 259 cm³/mol. The number of carboxylic acid groups (broad SMARTS) is 1. The third-order valence-corrected chi connectivity index (χ3v) is 12.2. The lowest BCUT2D eigenvalue weighted by Crippen LogP contribution is -2.66. The van der Waals surface area contributed by atoms with E-state index in [0.717, 1.165) is 24.8 Å². The number of amides is 6. The van der Waals surface area contributed by atoms with Gasteiger partial charge in [0.15, 0.2) is 6.29 Å². The molecule has 0 unspecified atom stereocenters. The summed E-state index contributed by atoms with van der Waals surface area (Å²) < 4.78 is 17.6. The van der Waals surface area contributed by atoms with Crippen molar-refractivity contribution in [3.63, 3.8) is 0 Å². The maximum Gasteiger partial charge on any atom is 0.326 e. The van der Waals surface area contributed by atoms with Crippen LogP contribution in [0.5, 0.6) is 0 Å². The number of unbranched alkanes of at least 4 members (excludes halogenated alkanes) is 15. The van der Waals surface area contributed by atoms with Gasteiger partial charge in [-0.1, -0.05) is 127 Å². The van der Waals surface area contributed by atoms with E-state index < -0.39 is 97.0 Å². The first-order valence-electron chi connectivity index (χ1n) is 25.3. The van der Waals surface area contributed by atoms with Crippen molar-refractivity contribution < 1.29 is 63.1 Å². The summed E-state index contributed by atoms with van der Waals surface area (Å²) in [5, 5.41) is 43.5. The van der Waals surface area contributed by atoms with Crippen molar-refractivity contribution in [1.82, 2.24) is 26.6 Å². The fraction of sp³-hybridized carbons (Fsp3) is 0.740. The highest BCUT2D eigenvalue weighted by atomic mass is 16.7. The van der Waals surface area contributed by atoms with Crippen LogP contribution >= 0.6 is 0 Å². The van der Waals surface area contributed by atoms with Crippen LogP contribution in [0.1, 0.15) is 168 Å². The first kappa shape index (κ1) is 60.4. The molecule has 69 heavy (non-hydrogen) atoms. The second-order valence-electron chi connectivity index (χ2n) is 18.2. The summed E-state index contributed by atoms with van der Waals surface area (Å²) in [7, 11) is 0. The van der Waals surface area contributed by atoms with Crippen molar-refractivity contribution in [3.8, 4) is 0 Å². The summed E-state index contributed by atoms with van der Waals surface area (Å²) in [5.74, 6) is -5.09. The van der Waals surface area contributed by atoms with E-state index in [9.17, 15) is 48.9 Å². The largest absolute Gasteiger partial charge is 0.480 e. The third-order valence-electron chi connectivity index (χ3n) is 12.2. The molecule has 19 heteroatoms. The van der Waals surface area contributed by atoms with Gasteiger partial charge in [0.1, 0.15) is 48.6 Å². The molecule has 10 N–H and O–H groups in total. The normalized spacial score (nSPS) is 19.6. The van der Waals surface area contributed by atoms with Crippen LogP contribution in [0.25, 0.3) is 0 Å². The van der Waals surface area contributed by atoms with E-state index in [0.29, 0.717) is 25.8 Å². The highest BCUT2D eigenvalue weighted by molar-refractivity contribution is 5.92. The molecule has 6 amide bonds. The zero-order valence-electron chi connectivity index (χ0n) is 41.6. The van der Waals surface area contributed by atoms with Crippen molar-refractivity contribution in [2.75, 3.05) is 13.2 Å². The Balaban J connectivity index is 1.72. The van der Waals surface area contributed by atoms with Gasteiger partial charge in [-0.05, 0) is 51.5 Å². The lowest BCUT2D eigenvalue weighted by molar-refractivity contribution is -0.283. The number of hydrogen-bond donors (Lipinski definition) is 9. The summed E-state index contributed by atoms with van der Waals surface area (Å²) in [5.41, 5.74) is 6.29. The number of carbonyl (C=O) groups excluding carboxylic acids is 6. The Morgan fingerprint density at radius 1 is 0.725 bits per heavy atom. The zero-order chi connectivity index (χ0) is 51.0. The number of primary amides is 1. The summed E-state index contributed by atoms with van der Waals surface area (Å²) in [6.45, 7) is 5.95. The number of ether oxygens (including phenoxy) is 3. The van der Waals surface area contributed by atoms with E-state index in [-0.39, 0.29) is 31.8 Å². The van der Waals surface area contributed by atoms with Gasteiger partial charge in [-0.2, -0.15) is 0 Å². The highest BCUT2D eigenvalue weighted by Crippen LogP contribution is 2.27. The van der Waals surface area contributed by atoms with Crippen molar-refractivity contribution in [2.24, 2.45) is 5.73 Å². The van der Waals surface area contributed by atoms with Crippen LogP contribution in [0.2, 0.25) is 0 Å². The molecular weight excluding hydrogens is 893 g/mol. The Morgan fingerprint density at radius 2 is 1.32 bits per heavy atom. The Kier molecular flexibility index (Phi) is 31.0. The maximum absolute atomic E-state index is 13.3. The number of carbonyl (C=O) groups is 7. The first-order valence-corrected chi connectivity index (χ1v) is 25.3. The van der Waals surface area contributed by atoms with Crippen LogP contribution < -0.4 is 32.3 Å². The number of nitrogens with two attached hydrogens (primary N) is 1. The number of hydrogen-bond acceptors (Lipinski definition) is 12. The molecule has 0 spiro atoms. The molecule has 1 aliphatic heterocycles. The lowest BCUT2D eigenvalue weighted by atomic mass is 9.96. The number of rotatable bonds is 38. The van der Waals surface area contributed by atoms with E-state index in [2.05, 4.69) is 33.5 Å². The summed E-state index contributed by atoms with van der Waals surface area (Å²) in [6.07, 6.45) is 13.1. The average molecular weight is 977 g/mol. The van der Waals surface area contributed by atoms with Gasteiger partial charge in [0.2, 0.25) is 35.4 Å². The van der Waals surface area contributed by atoms with Crippen molar-refractivity contribution in [2.45, 2.75) is 224 Å². The molecule has 392 valence electrons. The minimum absolute atomic E-state index is 0.0366. The van der Waals surface area contributed by atoms with Crippen LogP contribution in [0.3, 0.4) is 0 Å². The summed E-state index contributed by atoms with van der Waals surface area (Å²) in [6, 6.07) is 4.10. The quantitative estimate of drug-likeness (QED) is 0.0425. The number of nitrogens with one attached hydrogen (secondary N) is 5. The first-order chi connectivity index (χ1) is 33.1. The Bertz CT molecular complexity index is 1670. The maximum atomic E-state index is 13.3. The van der Waals surface area contributed by atoms with Crippen LogP contribution in [-0.4, -0.2) is 125 Å². The molecule has 1 aromatic rings. The van der Waals surface area contributed by atoms with Gasteiger partial charge in [0, 0.05) is 26.3 Å². The summed E-state index contributed by atoms with van der Waals surface area (Å²) >= 11 is 0. The number of aliphatic hydroxyl groups excluding tert-OH is 2. The molecule has 1 aromatic carbocycles. The Labute approximate surface area is 408 Å². The smallest absolute Gasteiger partial charge is 0.326 e. The van der Waals surface area contributed by atoms with Gasteiger partial charge < -0.3 is 61.8 Å². The molecule has 0 radical (unpaired) electrons. The zero-order valence-corrected chi connectivity index (χ0v) is 41.6. The number of carboxylic acids is 1. The fourth-order valence-electron chi connectivity index (χ4n) is 8.03. The monoisotopic (exact) mass is 977 g/mol. The number of benzene rings is 1. The number of aliphatic hydroxyl groups is 2. The lowest BCUT2D eigenvalue weighted by Gasteiger charge is -2.44.